The summed E-state index contributed by atoms with van der Waals surface area (Å²) in [5.41, 5.74) is 3.03. The smallest absolute Gasteiger partial charge is 0.250 e. The van der Waals surface area contributed by atoms with E-state index in [-0.39, 0.29) is 5.91 Å². The third-order valence-corrected chi connectivity index (χ3v) is 4.34. The van der Waals surface area contributed by atoms with Gasteiger partial charge in [0.15, 0.2) is 5.13 Å². The minimum absolute atomic E-state index is 0.195. The lowest BCUT2D eigenvalue weighted by molar-refractivity contribution is -0.111. The molecule has 0 aliphatic rings. The summed E-state index contributed by atoms with van der Waals surface area (Å²) >= 11 is 1.43. The summed E-state index contributed by atoms with van der Waals surface area (Å²) < 4.78 is 6.47. The third kappa shape index (κ3) is 4.00. The molecule has 0 unspecified atom stereocenters. The molecule has 0 radical (unpaired) electrons. The van der Waals surface area contributed by atoms with Gasteiger partial charge in [-0.15, -0.1) is 0 Å². The van der Waals surface area contributed by atoms with E-state index in [1.807, 2.05) is 56.3 Å². The van der Waals surface area contributed by atoms with Gasteiger partial charge in [-0.05, 0) is 43.7 Å². The van der Waals surface area contributed by atoms with E-state index < -0.39 is 0 Å². The molecule has 0 aliphatic heterocycles. The lowest BCUT2D eigenvalue weighted by Gasteiger charge is -2.00. The molecule has 0 saturated heterocycles. The molecule has 3 rings (SSSR count). The zero-order valence-electron chi connectivity index (χ0n) is 13.6. The fourth-order valence-electron chi connectivity index (χ4n) is 2.21. The van der Waals surface area contributed by atoms with Gasteiger partial charge < -0.3 is 4.74 Å². The lowest BCUT2D eigenvalue weighted by Crippen LogP contribution is -2.07. The number of nitrogens with zero attached hydrogens (tertiary/aromatic N) is 1. The number of thiazole rings is 1. The Morgan fingerprint density at radius 2 is 2.04 bits per heavy atom. The van der Waals surface area contributed by atoms with Crippen molar-refractivity contribution in [2.75, 3.05) is 11.9 Å². The van der Waals surface area contributed by atoms with Gasteiger partial charge in [0.2, 0.25) is 5.91 Å². The largest absolute Gasteiger partial charge is 0.494 e. The van der Waals surface area contributed by atoms with Gasteiger partial charge in [-0.2, -0.15) is 0 Å². The van der Waals surface area contributed by atoms with Crippen LogP contribution >= 0.6 is 11.3 Å². The van der Waals surface area contributed by atoms with Crippen LogP contribution in [-0.2, 0) is 4.79 Å². The summed E-state index contributed by atoms with van der Waals surface area (Å²) in [6.45, 7) is 4.60. The van der Waals surface area contributed by atoms with Crippen LogP contribution in [0.15, 0.2) is 48.5 Å². The van der Waals surface area contributed by atoms with Gasteiger partial charge in [0, 0.05) is 6.08 Å². The second-order valence-corrected chi connectivity index (χ2v) is 6.35. The van der Waals surface area contributed by atoms with Gasteiger partial charge in [-0.3, -0.25) is 10.1 Å². The highest BCUT2D eigenvalue weighted by Crippen LogP contribution is 2.29. The van der Waals surface area contributed by atoms with Crippen LogP contribution in [0.2, 0.25) is 0 Å². The Balaban J connectivity index is 1.69. The van der Waals surface area contributed by atoms with Crippen molar-refractivity contribution in [3.8, 4) is 5.75 Å². The molecule has 0 fully saturated rings. The molecule has 0 saturated carbocycles. The molecule has 1 aromatic heterocycles. The second kappa shape index (κ2) is 7.27. The molecule has 4 nitrogen and oxygen atoms in total. The Bertz CT molecular complexity index is 882. The summed E-state index contributed by atoms with van der Waals surface area (Å²) in [4.78, 5) is 16.5. The van der Waals surface area contributed by atoms with E-state index in [0.29, 0.717) is 11.7 Å². The van der Waals surface area contributed by atoms with Gasteiger partial charge in [0.1, 0.15) is 5.75 Å². The Kier molecular flexibility index (Phi) is 4.91. The van der Waals surface area contributed by atoms with E-state index in [2.05, 4.69) is 10.3 Å². The number of carbonyl (C=O) groups is 1. The van der Waals surface area contributed by atoms with E-state index in [0.717, 1.165) is 21.5 Å². The topological polar surface area (TPSA) is 51.2 Å². The quantitative estimate of drug-likeness (QED) is 0.689. The first kappa shape index (κ1) is 16.2. The maximum Gasteiger partial charge on any atom is 0.250 e. The molecule has 122 valence electrons. The Morgan fingerprint density at radius 3 is 2.79 bits per heavy atom. The minimum Gasteiger partial charge on any atom is -0.494 e. The van der Waals surface area contributed by atoms with Crippen LogP contribution in [0.4, 0.5) is 5.13 Å². The van der Waals surface area contributed by atoms with Gasteiger partial charge in [-0.1, -0.05) is 41.2 Å². The SMILES string of the molecule is CCOc1ccc2nc(NC(=O)/C=C/c3ccc(C)cc3)sc2c1. The molecule has 3 aromatic rings. The molecule has 0 spiro atoms. The lowest BCUT2D eigenvalue weighted by atomic mass is 10.1. The van der Waals surface area contributed by atoms with Crippen molar-refractivity contribution in [2.24, 2.45) is 0 Å². The molecule has 1 amide bonds. The molecule has 24 heavy (non-hydrogen) atoms. The first-order valence-corrected chi connectivity index (χ1v) is 8.55. The van der Waals surface area contributed by atoms with Crippen LogP contribution in [0.25, 0.3) is 16.3 Å². The molecule has 0 aliphatic carbocycles. The highest BCUT2D eigenvalue weighted by Gasteiger charge is 2.07. The molecule has 0 atom stereocenters. The van der Waals surface area contributed by atoms with Crippen molar-refractivity contribution in [2.45, 2.75) is 13.8 Å². The maximum atomic E-state index is 12.0. The number of aromatic nitrogens is 1. The third-order valence-electron chi connectivity index (χ3n) is 3.41. The average Bonchev–Trinajstić information content (AvgIpc) is 2.96. The van der Waals surface area contributed by atoms with E-state index in [1.54, 1.807) is 6.08 Å². The van der Waals surface area contributed by atoms with Crippen molar-refractivity contribution >= 4 is 38.7 Å². The number of carbonyl (C=O) groups excluding carboxylic acids is 1. The average molecular weight is 338 g/mol. The monoisotopic (exact) mass is 338 g/mol. The molecule has 1 N–H and O–H groups in total. The predicted octanol–water partition coefficient (Wildman–Crippen LogP) is 4.66. The van der Waals surface area contributed by atoms with E-state index >= 15 is 0 Å². The van der Waals surface area contributed by atoms with Crippen molar-refractivity contribution in [3.05, 3.63) is 59.7 Å². The number of rotatable bonds is 5. The van der Waals surface area contributed by atoms with Crippen molar-refractivity contribution in [1.82, 2.24) is 4.98 Å². The Labute approximate surface area is 144 Å². The van der Waals surface area contributed by atoms with Gasteiger partial charge in [-0.25, -0.2) is 4.98 Å². The van der Waals surface area contributed by atoms with Crippen LogP contribution in [-0.4, -0.2) is 17.5 Å². The van der Waals surface area contributed by atoms with Crippen LogP contribution < -0.4 is 10.1 Å². The molecular formula is C19H18N2O2S. The molecule has 5 heteroatoms. The summed E-state index contributed by atoms with van der Waals surface area (Å²) in [6, 6.07) is 13.7. The first-order valence-electron chi connectivity index (χ1n) is 7.73. The number of benzene rings is 2. The Hall–Kier alpha value is -2.66. The summed E-state index contributed by atoms with van der Waals surface area (Å²) in [5, 5.41) is 3.39. The zero-order valence-corrected chi connectivity index (χ0v) is 14.4. The number of nitrogens with one attached hydrogen (secondary N) is 1. The van der Waals surface area contributed by atoms with Crippen molar-refractivity contribution < 1.29 is 9.53 Å². The number of hydrogen-bond acceptors (Lipinski definition) is 4. The molecule has 0 bridgehead atoms. The normalized spacial score (nSPS) is 11.1. The number of aryl methyl sites for hydroxylation is 1. The zero-order chi connectivity index (χ0) is 16.9. The Morgan fingerprint density at radius 1 is 1.25 bits per heavy atom. The minimum atomic E-state index is -0.195. The summed E-state index contributed by atoms with van der Waals surface area (Å²) in [6.07, 6.45) is 3.30. The number of anilines is 1. The number of fused-ring (bicyclic) bond motifs is 1. The van der Waals surface area contributed by atoms with Crippen LogP contribution in [0, 0.1) is 6.92 Å². The van der Waals surface area contributed by atoms with Gasteiger partial charge in [0.25, 0.3) is 0 Å². The highest BCUT2D eigenvalue weighted by atomic mass is 32.1. The van der Waals surface area contributed by atoms with E-state index in [9.17, 15) is 4.79 Å². The number of ether oxygens (including phenoxy) is 1. The number of hydrogen-bond donors (Lipinski definition) is 1. The first-order chi connectivity index (χ1) is 11.6. The van der Waals surface area contributed by atoms with Crippen LogP contribution in [0.1, 0.15) is 18.1 Å². The van der Waals surface area contributed by atoms with Crippen LogP contribution in [0.3, 0.4) is 0 Å². The summed E-state index contributed by atoms with van der Waals surface area (Å²) in [5.74, 6) is 0.616. The van der Waals surface area contributed by atoms with Gasteiger partial charge >= 0.3 is 0 Å². The van der Waals surface area contributed by atoms with E-state index in [4.69, 9.17) is 4.74 Å². The fourth-order valence-corrected chi connectivity index (χ4v) is 3.11. The molecule has 2 aromatic carbocycles. The van der Waals surface area contributed by atoms with Crippen molar-refractivity contribution in [1.29, 1.82) is 0 Å². The van der Waals surface area contributed by atoms with Gasteiger partial charge in [0.05, 0.1) is 16.8 Å². The molecule has 1 heterocycles. The highest BCUT2D eigenvalue weighted by molar-refractivity contribution is 7.22. The summed E-state index contributed by atoms with van der Waals surface area (Å²) in [7, 11) is 0. The van der Waals surface area contributed by atoms with Crippen molar-refractivity contribution in [3.63, 3.8) is 0 Å². The van der Waals surface area contributed by atoms with Crippen LogP contribution in [0.5, 0.6) is 5.75 Å². The second-order valence-electron chi connectivity index (χ2n) is 5.31. The molecular weight excluding hydrogens is 320 g/mol. The number of amides is 1. The maximum absolute atomic E-state index is 12.0. The fraction of sp³-hybridized carbons (Fsp3) is 0.158. The predicted molar refractivity (Wildman–Crippen MR) is 99.6 cm³/mol. The van der Waals surface area contributed by atoms with E-state index in [1.165, 1.54) is 23.0 Å². The standard InChI is InChI=1S/C19H18N2O2S/c1-3-23-15-9-10-16-17(12-15)24-19(20-16)21-18(22)11-8-14-6-4-13(2)5-7-14/h4-12H,3H2,1-2H3,(H,20,21,22)/b11-8+.